The summed E-state index contributed by atoms with van der Waals surface area (Å²) in [6.45, 7) is 8.06. The normalized spacial score (nSPS) is 12.0. The van der Waals surface area contributed by atoms with Gasteiger partial charge in [-0.1, -0.05) is 66.0 Å². The molecule has 0 fully saturated rings. The van der Waals surface area contributed by atoms with E-state index in [2.05, 4.69) is 5.32 Å². The molecule has 0 heterocycles. The highest BCUT2D eigenvalue weighted by Crippen LogP contribution is 2.26. The van der Waals surface area contributed by atoms with E-state index >= 15 is 0 Å². The summed E-state index contributed by atoms with van der Waals surface area (Å²) in [6, 6.07) is 12.5. The van der Waals surface area contributed by atoms with Crippen LogP contribution in [0.3, 0.4) is 0 Å². The molecule has 156 valence electrons. The predicted octanol–water partition coefficient (Wildman–Crippen LogP) is 5.18. The average Bonchev–Trinajstić information content (AvgIpc) is 2.64. The van der Waals surface area contributed by atoms with Crippen LogP contribution in [0.15, 0.2) is 42.5 Å². The largest absolute Gasteiger partial charge is 0.352 e. The first-order chi connectivity index (χ1) is 13.7. The molecule has 0 aliphatic heterocycles. The zero-order valence-corrected chi connectivity index (χ0v) is 18.8. The summed E-state index contributed by atoms with van der Waals surface area (Å²) in [5.41, 5.74) is 2.65. The van der Waals surface area contributed by atoms with Gasteiger partial charge in [0.15, 0.2) is 0 Å². The van der Waals surface area contributed by atoms with Crippen LogP contribution in [0.2, 0.25) is 10.0 Å². The van der Waals surface area contributed by atoms with Gasteiger partial charge in [-0.2, -0.15) is 0 Å². The highest BCUT2D eigenvalue weighted by molar-refractivity contribution is 6.36. The molecule has 0 aromatic heterocycles. The Kier molecular flexibility index (Phi) is 8.54. The number of carbonyl (C=O) groups excluding carboxylic acids is 2. The molecule has 0 saturated carbocycles. The van der Waals surface area contributed by atoms with Crippen LogP contribution >= 0.6 is 23.2 Å². The van der Waals surface area contributed by atoms with Crippen LogP contribution in [-0.2, 0) is 22.6 Å². The maximum absolute atomic E-state index is 13.3. The molecule has 0 bridgehead atoms. The van der Waals surface area contributed by atoms with Gasteiger partial charge >= 0.3 is 0 Å². The molecule has 0 aliphatic rings. The first kappa shape index (κ1) is 23.2. The molecule has 0 aliphatic carbocycles. The molecule has 4 nitrogen and oxygen atoms in total. The second-order valence-electron chi connectivity index (χ2n) is 7.48. The van der Waals surface area contributed by atoms with E-state index in [0.29, 0.717) is 28.6 Å². The number of benzene rings is 2. The number of amides is 2. The number of hydrogen-bond donors (Lipinski definition) is 1. The van der Waals surface area contributed by atoms with E-state index in [1.165, 1.54) is 0 Å². The van der Waals surface area contributed by atoms with Crippen molar-refractivity contribution in [1.29, 1.82) is 0 Å². The molecular formula is C23H28Cl2N2O2. The first-order valence-corrected chi connectivity index (χ1v) is 10.6. The molecule has 1 N–H and O–H groups in total. The van der Waals surface area contributed by atoms with E-state index < -0.39 is 6.04 Å². The van der Waals surface area contributed by atoms with Gasteiger partial charge in [0.2, 0.25) is 11.8 Å². The molecule has 0 saturated heterocycles. The molecule has 29 heavy (non-hydrogen) atoms. The van der Waals surface area contributed by atoms with Crippen LogP contribution in [0.4, 0.5) is 0 Å². The third-order valence-corrected chi connectivity index (χ3v) is 5.35. The molecule has 1 unspecified atom stereocenters. The summed E-state index contributed by atoms with van der Waals surface area (Å²) >= 11 is 12.5. The lowest BCUT2D eigenvalue weighted by molar-refractivity contribution is -0.141. The van der Waals surface area contributed by atoms with Crippen LogP contribution < -0.4 is 5.32 Å². The van der Waals surface area contributed by atoms with Gasteiger partial charge in [-0.25, -0.2) is 0 Å². The van der Waals surface area contributed by atoms with Gasteiger partial charge in [0.1, 0.15) is 6.04 Å². The third kappa shape index (κ3) is 6.48. The molecule has 2 aromatic rings. The van der Waals surface area contributed by atoms with Crippen molar-refractivity contribution in [3.05, 3.63) is 69.2 Å². The number of aryl methyl sites for hydroxylation is 1. The van der Waals surface area contributed by atoms with Gasteiger partial charge in [-0.05, 0) is 50.5 Å². The van der Waals surface area contributed by atoms with Crippen LogP contribution in [0.25, 0.3) is 0 Å². The summed E-state index contributed by atoms with van der Waals surface area (Å²) in [5, 5.41) is 3.82. The lowest BCUT2D eigenvalue weighted by Crippen LogP contribution is -2.50. The van der Waals surface area contributed by atoms with Gasteiger partial charge in [0.05, 0.1) is 6.42 Å². The molecule has 6 heteroatoms. The highest BCUT2D eigenvalue weighted by Gasteiger charge is 2.29. The minimum atomic E-state index is -0.577. The molecule has 1 atom stereocenters. The van der Waals surface area contributed by atoms with E-state index in [1.54, 1.807) is 23.1 Å². The monoisotopic (exact) mass is 434 g/mol. The maximum atomic E-state index is 13.3. The number of nitrogens with zero attached hydrogens (tertiary/aromatic N) is 1. The van der Waals surface area contributed by atoms with Crippen molar-refractivity contribution in [2.75, 3.05) is 0 Å². The molecule has 2 rings (SSSR count). The number of nitrogens with one attached hydrogen (secondary N) is 1. The Morgan fingerprint density at radius 2 is 1.69 bits per heavy atom. The summed E-state index contributed by atoms with van der Waals surface area (Å²) in [5.74, 6) is -0.346. The van der Waals surface area contributed by atoms with Crippen molar-refractivity contribution in [2.24, 2.45) is 0 Å². The van der Waals surface area contributed by atoms with Crippen molar-refractivity contribution in [3.8, 4) is 0 Å². The first-order valence-electron chi connectivity index (χ1n) is 9.81. The van der Waals surface area contributed by atoms with Gasteiger partial charge in [0, 0.05) is 22.6 Å². The molecule has 0 radical (unpaired) electrons. The van der Waals surface area contributed by atoms with Crippen molar-refractivity contribution in [2.45, 2.75) is 59.2 Å². The SMILES string of the molecule is CCC(C(=O)NC(C)C)N(Cc1cccc(C)c1)C(=O)Cc1c(Cl)cccc1Cl. The topological polar surface area (TPSA) is 49.4 Å². The highest BCUT2D eigenvalue weighted by atomic mass is 35.5. The smallest absolute Gasteiger partial charge is 0.243 e. The third-order valence-electron chi connectivity index (χ3n) is 4.64. The Morgan fingerprint density at radius 3 is 2.24 bits per heavy atom. The van der Waals surface area contributed by atoms with Crippen LogP contribution in [0.5, 0.6) is 0 Å². The molecule has 0 spiro atoms. The van der Waals surface area contributed by atoms with Crippen LogP contribution in [-0.4, -0.2) is 28.8 Å². The fourth-order valence-corrected chi connectivity index (χ4v) is 3.79. The zero-order chi connectivity index (χ0) is 21.6. The Hall–Kier alpha value is -2.04. The lowest BCUT2D eigenvalue weighted by Gasteiger charge is -2.31. The van der Waals surface area contributed by atoms with Crippen LogP contribution in [0, 0.1) is 6.92 Å². The van der Waals surface area contributed by atoms with Crippen molar-refractivity contribution in [1.82, 2.24) is 10.2 Å². The fraction of sp³-hybridized carbons (Fsp3) is 0.391. The number of halogens is 2. The standard InChI is InChI=1S/C23H28Cl2N2O2/c1-5-21(23(29)26-15(2)3)27(14-17-9-6-8-16(4)12-17)22(28)13-18-19(24)10-7-11-20(18)25/h6-12,15,21H,5,13-14H2,1-4H3,(H,26,29). The maximum Gasteiger partial charge on any atom is 0.243 e. The van der Waals surface area contributed by atoms with Crippen molar-refractivity contribution < 1.29 is 9.59 Å². The Balaban J connectivity index is 2.36. The summed E-state index contributed by atoms with van der Waals surface area (Å²) < 4.78 is 0. The average molecular weight is 435 g/mol. The second kappa shape index (κ2) is 10.7. The van der Waals surface area contributed by atoms with Gasteiger partial charge in [0.25, 0.3) is 0 Å². The van der Waals surface area contributed by atoms with Crippen molar-refractivity contribution in [3.63, 3.8) is 0 Å². The molecule has 2 amide bonds. The second-order valence-corrected chi connectivity index (χ2v) is 8.29. The number of hydrogen-bond acceptors (Lipinski definition) is 2. The number of rotatable bonds is 8. The predicted molar refractivity (Wildman–Crippen MR) is 119 cm³/mol. The van der Waals surface area contributed by atoms with Crippen molar-refractivity contribution >= 4 is 35.0 Å². The fourth-order valence-electron chi connectivity index (χ4n) is 3.26. The van der Waals surface area contributed by atoms with E-state index in [-0.39, 0.29) is 24.3 Å². The molecular weight excluding hydrogens is 407 g/mol. The van der Waals surface area contributed by atoms with Gasteiger partial charge in [-0.3, -0.25) is 9.59 Å². The minimum absolute atomic E-state index is 0.00881. The minimum Gasteiger partial charge on any atom is -0.352 e. The molecule has 2 aromatic carbocycles. The van der Waals surface area contributed by atoms with E-state index in [4.69, 9.17) is 23.2 Å². The Morgan fingerprint density at radius 1 is 1.07 bits per heavy atom. The summed E-state index contributed by atoms with van der Waals surface area (Å²) in [7, 11) is 0. The lowest BCUT2D eigenvalue weighted by atomic mass is 10.1. The number of carbonyl (C=O) groups is 2. The summed E-state index contributed by atoms with van der Waals surface area (Å²) in [6.07, 6.45) is 0.544. The zero-order valence-electron chi connectivity index (χ0n) is 17.3. The van der Waals surface area contributed by atoms with E-state index in [1.807, 2.05) is 52.0 Å². The van der Waals surface area contributed by atoms with E-state index in [9.17, 15) is 9.59 Å². The van der Waals surface area contributed by atoms with Crippen LogP contribution in [0.1, 0.15) is 43.9 Å². The Bertz CT molecular complexity index is 847. The Labute approximate surface area is 183 Å². The van der Waals surface area contributed by atoms with Gasteiger partial charge in [-0.15, -0.1) is 0 Å². The van der Waals surface area contributed by atoms with Gasteiger partial charge < -0.3 is 10.2 Å². The van der Waals surface area contributed by atoms with E-state index in [0.717, 1.165) is 11.1 Å². The summed E-state index contributed by atoms with van der Waals surface area (Å²) in [4.78, 5) is 27.8. The quantitative estimate of drug-likeness (QED) is 0.622.